The average molecular weight is 166 g/mol. The summed E-state index contributed by atoms with van der Waals surface area (Å²) in [6.45, 7) is 6.90. The molecule has 0 unspecified atom stereocenters. The Morgan fingerprint density at radius 2 is 1.67 bits per heavy atom. The molecule has 0 radical (unpaired) electrons. The number of rotatable bonds is 2. The van der Waals surface area contributed by atoms with Crippen molar-refractivity contribution in [1.82, 2.24) is 0 Å². The lowest BCUT2D eigenvalue weighted by atomic mass is 9.82. The molecule has 0 spiro atoms. The molecule has 0 aromatic carbocycles. The lowest BCUT2D eigenvalue weighted by Gasteiger charge is -2.24. The van der Waals surface area contributed by atoms with E-state index >= 15 is 0 Å². The van der Waals surface area contributed by atoms with Crippen molar-refractivity contribution in [3.05, 3.63) is 11.1 Å². The van der Waals surface area contributed by atoms with E-state index in [0.29, 0.717) is 0 Å². The van der Waals surface area contributed by atoms with Crippen LogP contribution in [0.5, 0.6) is 0 Å². The summed E-state index contributed by atoms with van der Waals surface area (Å²) >= 11 is 0. The Labute approximate surface area is 77.1 Å². The first kappa shape index (κ1) is 9.83. The average Bonchev–Trinajstić information content (AvgIpc) is 2.17. The van der Waals surface area contributed by atoms with Crippen LogP contribution in [0.4, 0.5) is 0 Å². The number of hydrogen-bond acceptors (Lipinski definition) is 0. The first-order valence-corrected chi connectivity index (χ1v) is 5.42. The molecule has 12 heavy (non-hydrogen) atoms. The van der Waals surface area contributed by atoms with E-state index in [0.717, 1.165) is 5.92 Å². The van der Waals surface area contributed by atoms with Crippen molar-refractivity contribution in [2.24, 2.45) is 5.92 Å². The van der Waals surface area contributed by atoms with Gasteiger partial charge < -0.3 is 0 Å². The van der Waals surface area contributed by atoms with E-state index in [1.807, 2.05) is 0 Å². The van der Waals surface area contributed by atoms with Gasteiger partial charge in [-0.05, 0) is 39.0 Å². The molecule has 0 bridgehead atoms. The standard InChI is InChI=1S/C12H22/c1-4-10(2)11(3)12-8-6-5-7-9-12/h12H,4-9H2,1-3H3. The minimum Gasteiger partial charge on any atom is -0.0744 e. The van der Waals surface area contributed by atoms with Crippen molar-refractivity contribution >= 4 is 0 Å². The summed E-state index contributed by atoms with van der Waals surface area (Å²) in [5.74, 6) is 0.929. The van der Waals surface area contributed by atoms with Crippen LogP contribution in [0.1, 0.15) is 59.3 Å². The van der Waals surface area contributed by atoms with Crippen LogP contribution < -0.4 is 0 Å². The fraction of sp³-hybridized carbons (Fsp3) is 0.833. The van der Waals surface area contributed by atoms with Gasteiger partial charge in [-0.2, -0.15) is 0 Å². The van der Waals surface area contributed by atoms with E-state index in [-0.39, 0.29) is 0 Å². The van der Waals surface area contributed by atoms with Gasteiger partial charge >= 0.3 is 0 Å². The van der Waals surface area contributed by atoms with Crippen molar-refractivity contribution in [3.8, 4) is 0 Å². The zero-order valence-corrected chi connectivity index (χ0v) is 8.82. The summed E-state index contributed by atoms with van der Waals surface area (Å²) in [5, 5.41) is 0. The lowest BCUT2D eigenvalue weighted by Crippen LogP contribution is -2.08. The van der Waals surface area contributed by atoms with Crippen LogP contribution in [-0.4, -0.2) is 0 Å². The maximum absolute atomic E-state index is 2.34. The van der Waals surface area contributed by atoms with E-state index in [1.54, 1.807) is 11.1 Å². The van der Waals surface area contributed by atoms with Crippen LogP contribution in [-0.2, 0) is 0 Å². The van der Waals surface area contributed by atoms with Crippen molar-refractivity contribution < 1.29 is 0 Å². The fourth-order valence-corrected chi connectivity index (χ4v) is 2.16. The molecule has 0 aromatic rings. The third-order valence-corrected chi connectivity index (χ3v) is 3.42. The van der Waals surface area contributed by atoms with E-state index in [1.165, 1.54) is 38.5 Å². The lowest BCUT2D eigenvalue weighted by molar-refractivity contribution is 0.400. The van der Waals surface area contributed by atoms with Crippen LogP contribution in [0, 0.1) is 5.92 Å². The van der Waals surface area contributed by atoms with Gasteiger partial charge in [-0.15, -0.1) is 0 Å². The van der Waals surface area contributed by atoms with Crippen molar-refractivity contribution in [3.63, 3.8) is 0 Å². The number of hydrogen-bond donors (Lipinski definition) is 0. The third kappa shape index (κ3) is 2.36. The minimum absolute atomic E-state index is 0.929. The normalized spacial score (nSPS) is 22.2. The monoisotopic (exact) mass is 166 g/mol. The van der Waals surface area contributed by atoms with Gasteiger partial charge in [-0.25, -0.2) is 0 Å². The van der Waals surface area contributed by atoms with E-state index < -0.39 is 0 Å². The van der Waals surface area contributed by atoms with Crippen molar-refractivity contribution in [2.75, 3.05) is 0 Å². The Hall–Kier alpha value is -0.260. The molecule has 0 amide bonds. The molecule has 0 saturated heterocycles. The Morgan fingerprint density at radius 1 is 1.08 bits per heavy atom. The molecular formula is C12H22. The number of allylic oxidation sites excluding steroid dienone is 2. The molecule has 1 rings (SSSR count). The molecule has 0 N–H and O–H groups in total. The quantitative estimate of drug-likeness (QED) is 0.536. The summed E-state index contributed by atoms with van der Waals surface area (Å²) in [7, 11) is 0. The van der Waals surface area contributed by atoms with Crippen molar-refractivity contribution in [1.29, 1.82) is 0 Å². The molecule has 70 valence electrons. The van der Waals surface area contributed by atoms with E-state index in [4.69, 9.17) is 0 Å². The predicted octanol–water partition coefficient (Wildman–Crippen LogP) is 4.31. The van der Waals surface area contributed by atoms with Gasteiger partial charge in [0.15, 0.2) is 0 Å². The summed E-state index contributed by atoms with van der Waals surface area (Å²) in [5.41, 5.74) is 3.32. The highest BCUT2D eigenvalue weighted by Gasteiger charge is 2.15. The van der Waals surface area contributed by atoms with Crippen molar-refractivity contribution in [2.45, 2.75) is 59.3 Å². The smallest absolute Gasteiger partial charge is 0.0203 e. The molecule has 0 nitrogen and oxygen atoms in total. The molecule has 1 fully saturated rings. The Morgan fingerprint density at radius 3 is 2.17 bits per heavy atom. The second-order valence-corrected chi connectivity index (χ2v) is 4.15. The van der Waals surface area contributed by atoms with Gasteiger partial charge in [-0.1, -0.05) is 37.3 Å². The maximum Gasteiger partial charge on any atom is -0.0203 e. The van der Waals surface area contributed by atoms with Gasteiger partial charge in [-0.3, -0.25) is 0 Å². The van der Waals surface area contributed by atoms with Crippen LogP contribution in [0.3, 0.4) is 0 Å². The van der Waals surface area contributed by atoms with Gasteiger partial charge in [0.1, 0.15) is 0 Å². The highest BCUT2D eigenvalue weighted by atomic mass is 14.2. The zero-order chi connectivity index (χ0) is 8.97. The second kappa shape index (κ2) is 4.69. The first-order valence-electron chi connectivity index (χ1n) is 5.42. The van der Waals surface area contributed by atoms with E-state index in [9.17, 15) is 0 Å². The van der Waals surface area contributed by atoms with E-state index in [2.05, 4.69) is 20.8 Å². The molecular weight excluding hydrogens is 144 g/mol. The van der Waals surface area contributed by atoms with Crippen LogP contribution in [0.15, 0.2) is 11.1 Å². The highest BCUT2D eigenvalue weighted by Crippen LogP contribution is 2.31. The third-order valence-electron chi connectivity index (χ3n) is 3.42. The van der Waals surface area contributed by atoms with Crippen LogP contribution in [0.25, 0.3) is 0 Å². The molecule has 0 atom stereocenters. The molecule has 0 heteroatoms. The topological polar surface area (TPSA) is 0 Å². The summed E-state index contributed by atoms with van der Waals surface area (Å²) in [6.07, 6.45) is 8.52. The van der Waals surface area contributed by atoms with Gasteiger partial charge in [0.05, 0.1) is 0 Å². The highest BCUT2D eigenvalue weighted by molar-refractivity contribution is 5.12. The summed E-state index contributed by atoms with van der Waals surface area (Å²) in [4.78, 5) is 0. The Kier molecular flexibility index (Phi) is 3.84. The maximum atomic E-state index is 2.34. The minimum atomic E-state index is 0.929. The second-order valence-electron chi connectivity index (χ2n) is 4.15. The van der Waals surface area contributed by atoms with Gasteiger partial charge in [0.2, 0.25) is 0 Å². The first-order chi connectivity index (χ1) is 5.75. The zero-order valence-electron chi connectivity index (χ0n) is 8.82. The van der Waals surface area contributed by atoms with Crippen LogP contribution >= 0.6 is 0 Å². The molecule has 1 aliphatic carbocycles. The van der Waals surface area contributed by atoms with Gasteiger partial charge in [0.25, 0.3) is 0 Å². The summed E-state index contributed by atoms with van der Waals surface area (Å²) in [6, 6.07) is 0. The SMILES string of the molecule is CCC(C)=C(C)C1CCCCC1. The molecule has 1 saturated carbocycles. The molecule has 0 aliphatic heterocycles. The molecule has 0 heterocycles. The summed E-state index contributed by atoms with van der Waals surface area (Å²) < 4.78 is 0. The Balaban J connectivity index is 2.55. The van der Waals surface area contributed by atoms with Gasteiger partial charge in [0, 0.05) is 0 Å². The van der Waals surface area contributed by atoms with Crippen LogP contribution in [0.2, 0.25) is 0 Å². The molecule has 0 aromatic heterocycles. The Bertz CT molecular complexity index is 159. The predicted molar refractivity (Wildman–Crippen MR) is 55.2 cm³/mol. The largest absolute Gasteiger partial charge is 0.0744 e. The molecule has 1 aliphatic rings. The fourth-order valence-electron chi connectivity index (χ4n) is 2.16.